The van der Waals surface area contributed by atoms with Gasteiger partial charge in [0.1, 0.15) is 5.56 Å². The Morgan fingerprint density at radius 1 is 1.35 bits per heavy atom. The maximum atomic E-state index is 12.7. The van der Waals surface area contributed by atoms with Crippen LogP contribution in [0.25, 0.3) is 10.9 Å². The van der Waals surface area contributed by atoms with Crippen LogP contribution in [0.1, 0.15) is 67.1 Å². The maximum absolute atomic E-state index is 12.7. The zero-order valence-electron chi connectivity index (χ0n) is 14.4. The van der Waals surface area contributed by atoms with E-state index in [-0.39, 0.29) is 16.5 Å². The number of aromatic nitrogens is 1. The third kappa shape index (κ3) is 2.19. The van der Waals surface area contributed by atoms with Crippen molar-refractivity contribution in [3.63, 3.8) is 0 Å². The van der Waals surface area contributed by atoms with Gasteiger partial charge in [0.25, 0.3) is 0 Å². The highest BCUT2D eigenvalue weighted by atomic mass is 16.4. The molecule has 2 aromatic rings. The van der Waals surface area contributed by atoms with Crippen LogP contribution >= 0.6 is 0 Å². The smallest absolute Gasteiger partial charge is 0.341 e. The Labute approximate surface area is 135 Å². The van der Waals surface area contributed by atoms with Crippen molar-refractivity contribution >= 4 is 16.9 Å². The number of carboxylic acids is 1. The van der Waals surface area contributed by atoms with Gasteiger partial charge in [-0.1, -0.05) is 19.9 Å². The topological polar surface area (TPSA) is 59.3 Å². The number of hydrogen-bond acceptors (Lipinski definition) is 2. The molecule has 1 aromatic carbocycles. The zero-order valence-corrected chi connectivity index (χ0v) is 14.4. The molecule has 0 bridgehead atoms. The minimum absolute atomic E-state index is 0.140. The number of benzene rings is 1. The van der Waals surface area contributed by atoms with Crippen molar-refractivity contribution in [2.24, 2.45) is 0 Å². The van der Waals surface area contributed by atoms with E-state index in [1.165, 1.54) is 11.1 Å². The Hall–Kier alpha value is -2.10. The van der Waals surface area contributed by atoms with Gasteiger partial charge in [-0.25, -0.2) is 4.79 Å². The summed E-state index contributed by atoms with van der Waals surface area (Å²) in [5.74, 6) is -0.784. The fourth-order valence-electron chi connectivity index (χ4n) is 3.77. The first-order chi connectivity index (χ1) is 10.6. The van der Waals surface area contributed by atoms with E-state index < -0.39 is 5.97 Å². The van der Waals surface area contributed by atoms with Gasteiger partial charge >= 0.3 is 5.97 Å². The molecular formula is C19H23NO3. The molecular weight excluding hydrogens is 290 g/mol. The Morgan fingerprint density at radius 2 is 2.00 bits per heavy atom. The van der Waals surface area contributed by atoms with Gasteiger partial charge in [0.05, 0.1) is 5.52 Å². The molecule has 1 aliphatic rings. The molecule has 0 radical (unpaired) electrons. The summed E-state index contributed by atoms with van der Waals surface area (Å²) in [5.41, 5.74) is 3.56. The van der Waals surface area contributed by atoms with Gasteiger partial charge in [0.15, 0.2) is 0 Å². The molecule has 0 saturated carbocycles. The lowest BCUT2D eigenvalue weighted by Crippen LogP contribution is -2.35. The van der Waals surface area contributed by atoms with Crippen LogP contribution < -0.4 is 5.43 Å². The molecule has 0 saturated heterocycles. The van der Waals surface area contributed by atoms with Crippen molar-refractivity contribution in [1.29, 1.82) is 0 Å². The minimum atomic E-state index is -1.16. The van der Waals surface area contributed by atoms with Gasteiger partial charge in [-0.15, -0.1) is 0 Å². The van der Waals surface area contributed by atoms with Gasteiger partial charge in [-0.3, -0.25) is 4.79 Å². The second kappa shape index (κ2) is 4.95. The van der Waals surface area contributed by atoms with Gasteiger partial charge in [0, 0.05) is 17.1 Å². The van der Waals surface area contributed by atoms with E-state index in [0.29, 0.717) is 11.3 Å². The largest absolute Gasteiger partial charge is 0.477 e. The number of carbonyl (C=O) groups is 1. The summed E-state index contributed by atoms with van der Waals surface area (Å²) in [6.07, 6.45) is 3.39. The van der Waals surface area contributed by atoms with Crippen LogP contribution in [-0.2, 0) is 12.0 Å². The summed E-state index contributed by atoms with van der Waals surface area (Å²) < 4.78 is 2.02. The van der Waals surface area contributed by atoms with Gasteiger partial charge in [0.2, 0.25) is 5.43 Å². The molecule has 4 nitrogen and oxygen atoms in total. The number of pyridine rings is 1. The Morgan fingerprint density at radius 3 is 2.57 bits per heavy atom. The first kappa shape index (κ1) is 15.8. The van der Waals surface area contributed by atoms with E-state index in [4.69, 9.17) is 0 Å². The lowest BCUT2D eigenvalue weighted by Gasteiger charge is -2.37. The van der Waals surface area contributed by atoms with Crippen molar-refractivity contribution in [2.45, 2.75) is 58.9 Å². The predicted octanol–water partition coefficient (Wildman–Crippen LogP) is 3.81. The van der Waals surface area contributed by atoms with E-state index in [1.807, 2.05) is 11.5 Å². The monoisotopic (exact) mass is 313 g/mol. The van der Waals surface area contributed by atoms with Gasteiger partial charge in [-0.2, -0.15) is 0 Å². The van der Waals surface area contributed by atoms with E-state index in [2.05, 4.69) is 33.8 Å². The Bertz CT molecular complexity index is 888. The molecule has 0 unspecified atom stereocenters. The molecule has 3 rings (SSSR count). The van der Waals surface area contributed by atoms with Crippen LogP contribution in [0.2, 0.25) is 0 Å². The molecule has 1 aromatic heterocycles. The fourth-order valence-corrected chi connectivity index (χ4v) is 3.77. The van der Waals surface area contributed by atoms with Crippen molar-refractivity contribution < 1.29 is 9.90 Å². The minimum Gasteiger partial charge on any atom is -0.477 e. The molecule has 0 aliphatic carbocycles. The third-order valence-corrected chi connectivity index (χ3v) is 5.10. The van der Waals surface area contributed by atoms with Crippen molar-refractivity contribution in [3.05, 3.63) is 44.7 Å². The van der Waals surface area contributed by atoms with Crippen LogP contribution in [0.15, 0.2) is 17.1 Å². The van der Waals surface area contributed by atoms with E-state index in [9.17, 15) is 14.7 Å². The molecule has 4 heteroatoms. The quantitative estimate of drug-likeness (QED) is 0.917. The average molecular weight is 313 g/mol. The van der Waals surface area contributed by atoms with Gasteiger partial charge in [-0.05, 0) is 56.2 Å². The summed E-state index contributed by atoms with van der Waals surface area (Å²) in [5, 5.41) is 9.99. The Balaban J connectivity index is 2.60. The molecule has 0 spiro atoms. The molecule has 0 fully saturated rings. The highest BCUT2D eigenvalue weighted by molar-refractivity contribution is 5.95. The number of rotatable bonds is 2. The lowest BCUT2D eigenvalue weighted by atomic mass is 9.82. The SMILES string of the molecule is Cc1cc(C(C)C)c2c3c1c(=O)c(C(=O)O)cn3C(C)(C)CC2. The molecule has 122 valence electrons. The zero-order chi connectivity index (χ0) is 17.1. The average Bonchev–Trinajstić information content (AvgIpc) is 2.44. The summed E-state index contributed by atoms with van der Waals surface area (Å²) in [6, 6.07) is 2.07. The Kier molecular flexibility index (Phi) is 3.40. The highest BCUT2D eigenvalue weighted by Crippen LogP contribution is 2.38. The van der Waals surface area contributed by atoms with Crippen LogP contribution in [0, 0.1) is 6.92 Å². The van der Waals surface area contributed by atoms with E-state index >= 15 is 0 Å². The number of hydrogen-bond donors (Lipinski definition) is 1. The van der Waals surface area contributed by atoms with E-state index in [0.717, 1.165) is 23.9 Å². The molecule has 2 heterocycles. The van der Waals surface area contributed by atoms with Crippen molar-refractivity contribution in [2.75, 3.05) is 0 Å². The molecule has 1 N–H and O–H groups in total. The molecule has 1 aliphatic heterocycles. The van der Waals surface area contributed by atoms with Crippen molar-refractivity contribution in [3.8, 4) is 0 Å². The summed E-state index contributed by atoms with van der Waals surface area (Å²) in [4.78, 5) is 24.3. The number of nitrogens with zero attached hydrogens (tertiary/aromatic N) is 1. The normalized spacial score (nSPS) is 16.1. The van der Waals surface area contributed by atoms with E-state index in [1.54, 1.807) is 6.20 Å². The molecule has 23 heavy (non-hydrogen) atoms. The number of aromatic carboxylic acids is 1. The van der Waals surface area contributed by atoms with Crippen LogP contribution in [0.3, 0.4) is 0 Å². The molecule has 0 amide bonds. The lowest BCUT2D eigenvalue weighted by molar-refractivity contribution is 0.0694. The molecule has 0 atom stereocenters. The van der Waals surface area contributed by atoms with Crippen LogP contribution in [-0.4, -0.2) is 15.6 Å². The number of carboxylic acid groups (broad SMARTS) is 1. The summed E-state index contributed by atoms with van der Waals surface area (Å²) >= 11 is 0. The predicted molar refractivity (Wildman–Crippen MR) is 91.6 cm³/mol. The first-order valence-electron chi connectivity index (χ1n) is 8.10. The van der Waals surface area contributed by atoms with Gasteiger partial charge < -0.3 is 9.67 Å². The number of aryl methyl sites for hydroxylation is 2. The summed E-state index contributed by atoms with van der Waals surface area (Å²) in [6.45, 7) is 10.4. The highest BCUT2D eigenvalue weighted by Gasteiger charge is 2.32. The standard InChI is InChI=1S/C19H23NO3/c1-10(2)13-8-11(3)15-16-12(13)6-7-19(4,5)20(16)9-14(17(15)21)18(22)23/h8-10H,6-7H2,1-5H3,(H,22,23). The fraction of sp³-hybridized carbons (Fsp3) is 0.474. The third-order valence-electron chi connectivity index (χ3n) is 5.10. The van der Waals surface area contributed by atoms with Crippen LogP contribution in [0.5, 0.6) is 0 Å². The second-order valence-corrected chi connectivity index (χ2v) is 7.50. The maximum Gasteiger partial charge on any atom is 0.341 e. The first-order valence-corrected chi connectivity index (χ1v) is 8.10. The second-order valence-electron chi connectivity index (χ2n) is 7.50. The van der Waals surface area contributed by atoms with Crippen molar-refractivity contribution in [1.82, 2.24) is 4.57 Å². The summed E-state index contributed by atoms with van der Waals surface area (Å²) in [7, 11) is 0. The van der Waals surface area contributed by atoms with Crippen LogP contribution in [0.4, 0.5) is 0 Å².